The summed E-state index contributed by atoms with van der Waals surface area (Å²) in [6, 6.07) is 5.62. The van der Waals surface area contributed by atoms with Gasteiger partial charge in [-0.05, 0) is 31.0 Å². The Kier molecular flexibility index (Phi) is 4.42. The van der Waals surface area contributed by atoms with Crippen LogP contribution in [0.15, 0.2) is 35.4 Å². The fraction of sp³-hybridized carbons (Fsp3) is 0.412. The fourth-order valence-corrected chi connectivity index (χ4v) is 2.77. The van der Waals surface area contributed by atoms with E-state index in [1.54, 1.807) is 13.2 Å². The summed E-state index contributed by atoms with van der Waals surface area (Å²) in [6.07, 6.45) is 6.45. The van der Waals surface area contributed by atoms with E-state index in [2.05, 4.69) is 16.7 Å². The van der Waals surface area contributed by atoms with Crippen molar-refractivity contribution in [3.05, 3.63) is 36.7 Å². The molecule has 1 aliphatic carbocycles. The van der Waals surface area contributed by atoms with Gasteiger partial charge in [-0.15, -0.1) is 0 Å². The Bertz CT molecular complexity index is 645. The lowest BCUT2D eigenvalue weighted by Crippen LogP contribution is -1.96. The Hall–Kier alpha value is -2.30. The first-order chi connectivity index (χ1) is 10.8. The van der Waals surface area contributed by atoms with Crippen molar-refractivity contribution in [2.75, 3.05) is 13.7 Å². The van der Waals surface area contributed by atoms with Crippen molar-refractivity contribution in [1.29, 1.82) is 0 Å². The molecule has 1 aromatic carbocycles. The molecule has 0 spiro atoms. The van der Waals surface area contributed by atoms with Crippen molar-refractivity contribution in [3.8, 4) is 22.9 Å². The van der Waals surface area contributed by atoms with Crippen LogP contribution in [0.2, 0.25) is 0 Å². The normalized spacial score (nSPS) is 15.0. The number of benzene rings is 1. The summed E-state index contributed by atoms with van der Waals surface area (Å²) >= 11 is 0. The van der Waals surface area contributed by atoms with Gasteiger partial charge in [-0.2, -0.15) is 4.98 Å². The second kappa shape index (κ2) is 6.64. The molecule has 0 aliphatic heterocycles. The van der Waals surface area contributed by atoms with E-state index in [1.807, 2.05) is 18.2 Å². The van der Waals surface area contributed by atoms with Crippen LogP contribution in [0.1, 0.15) is 37.5 Å². The van der Waals surface area contributed by atoms with E-state index in [9.17, 15) is 0 Å². The first-order valence-corrected chi connectivity index (χ1v) is 7.57. The lowest BCUT2D eigenvalue weighted by Gasteiger charge is -2.09. The van der Waals surface area contributed by atoms with Crippen LogP contribution >= 0.6 is 0 Å². The van der Waals surface area contributed by atoms with Crippen LogP contribution in [-0.4, -0.2) is 23.9 Å². The maximum atomic E-state index is 5.55. The Morgan fingerprint density at radius 3 is 2.86 bits per heavy atom. The van der Waals surface area contributed by atoms with Crippen molar-refractivity contribution in [3.63, 3.8) is 0 Å². The Morgan fingerprint density at radius 2 is 2.14 bits per heavy atom. The van der Waals surface area contributed by atoms with Crippen molar-refractivity contribution in [1.82, 2.24) is 10.1 Å². The highest BCUT2D eigenvalue weighted by atomic mass is 16.5. The average molecular weight is 300 g/mol. The summed E-state index contributed by atoms with van der Waals surface area (Å²) in [6.45, 7) is 4.07. The van der Waals surface area contributed by atoms with Gasteiger partial charge < -0.3 is 14.0 Å². The number of hydrogen-bond donors (Lipinski definition) is 0. The van der Waals surface area contributed by atoms with Gasteiger partial charge in [-0.25, -0.2) is 0 Å². The maximum Gasteiger partial charge on any atom is 0.230 e. The van der Waals surface area contributed by atoms with Gasteiger partial charge in [0.15, 0.2) is 11.5 Å². The molecular formula is C17H20N2O3. The highest BCUT2D eigenvalue weighted by Crippen LogP contribution is 2.35. The SMILES string of the molecule is C=CCOc1ccc(-c2noc(C3CCCC3)n2)cc1OC. The van der Waals surface area contributed by atoms with Crippen LogP contribution in [0.5, 0.6) is 11.5 Å². The molecule has 5 nitrogen and oxygen atoms in total. The first-order valence-electron chi connectivity index (χ1n) is 7.57. The second-order valence-electron chi connectivity index (χ2n) is 5.40. The van der Waals surface area contributed by atoms with Crippen LogP contribution in [-0.2, 0) is 0 Å². The minimum atomic E-state index is 0.415. The third-order valence-corrected chi connectivity index (χ3v) is 3.92. The Balaban J connectivity index is 1.83. The van der Waals surface area contributed by atoms with Crippen molar-refractivity contribution in [2.45, 2.75) is 31.6 Å². The molecule has 2 aromatic rings. The first kappa shape index (κ1) is 14.6. The molecule has 22 heavy (non-hydrogen) atoms. The van der Waals surface area contributed by atoms with Crippen LogP contribution in [0.4, 0.5) is 0 Å². The summed E-state index contributed by atoms with van der Waals surface area (Å²) < 4.78 is 16.3. The number of methoxy groups -OCH3 is 1. The topological polar surface area (TPSA) is 57.4 Å². The highest BCUT2D eigenvalue weighted by Gasteiger charge is 2.23. The quantitative estimate of drug-likeness (QED) is 0.756. The van der Waals surface area contributed by atoms with Gasteiger partial charge in [0.25, 0.3) is 0 Å². The van der Waals surface area contributed by atoms with Gasteiger partial charge in [0.1, 0.15) is 6.61 Å². The third-order valence-electron chi connectivity index (χ3n) is 3.92. The fourth-order valence-electron chi connectivity index (χ4n) is 2.77. The molecule has 0 radical (unpaired) electrons. The van der Waals surface area contributed by atoms with Crippen LogP contribution in [0, 0.1) is 0 Å². The van der Waals surface area contributed by atoms with E-state index in [4.69, 9.17) is 14.0 Å². The second-order valence-corrected chi connectivity index (χ2v) is 5.40. The zero-order chi connectivity index (χ0) is 15.4. The number of hydrogen-bond acceptors (Lipinski definition) is 5. The monoisotopic (exact) mass is 300 g/mol. The molecule has 1 heterocycles. The molecule has 0 atom stereocenters. The zero-order valence-electron chi connectivity index (χ0n) is 12.7. The van der Waals surface area contributed by atoms with Crippen molar-refractivity contribution < 1.29 is 14.0 Å². The van der Waals surface area contributed by atoms with Crippen molar-refractivity contribution >= 4 is 0 Å². The number of rotatable bonds is 6. The van der Waals surface area contributed by atoms with E-state index in [-0.39, 0.29) is 0 Å². The van der Waals surface area contributed by atoms with Crippen molar-refractivity contribution in [2.24, 2.45) is 0 Å². The smallest absolute Gasteiger partial charge is 0.230 e. The Labute approximate surface area is 129 Å². The molecular weight excluding hydrogens is 280 g/mol. The van der Waals surface area contributed by atoms with Gasteiger partial charge in [0.05, 0.1) is 7.11 Å². The number of ether oxygens (including phenoxy) is 2. The minimum Gasteiger partial charge on any atom is -0.493 e. The molecule has 5 heteroatoms. The molecule has 116 valence electrons. The molecule has 1 saturated carbocycles. The lowest BCUT2D eigenvalue weighted by atomic mass is 10.1. The molecule has 0 amide bonds. The summed E-state index contributed by atoms with van der Waals surface area (Å²) in [7, 11) is 1.61. The standard InChI is InChI=1S/C17H20N2O3/c1-3-10-21-14-9-8-13(11-15(14)20-2)16-18-17(22-19-16)12-6-4-5-7-12/h3,8-9,11-12H,1,4-7,10H2,2H3. The van der Waals surface area contributed by atoms with E-state index in [1.165, 1.54) is 12.8 Å². The molecule has 1 aromatic heterocycles. The Morgan fingerprint density at radius 1 is 1.32 bits per heavy atom. The van der Waals surface area contributed by atoms with E-state index in [0.717, 1.165) is 24.3 Å². The molecule has 3 rings (SSSR count). The number of nitrogens with zero attached hydrogens (tertiary/aromatic N) is 2. The molecule has 0 N–H and O–H groups in total. The molecule has 0 unspecified atom stereocenters. The summed E-state index contributed by atoms with van der Waals surface area (Å²) in [4.78, 5) is 4.54. The summed E-state index contributed by atoms with van der Waals surface area (Å²) in [5.74, 6) is 3.07. The lowest BCUT2D eigenvalue weighted by molar-refractivity contribution is 0.326. The van der Waals surface area contributed by atoms with Gasteiger partial charge in [-0.3, -0.25) is 0 Å². The van der Waals surface area contributed by atoms with Gasteiger partial charge in [0, 0.05) is 11.5 Å². The van der Waals surface area contributed by atoms with E-state index < -0.39 is 0 Å². The molecule has 1 aliphatic rings. The van der Waals surface area contributed by atoms with E-state index in [0.29, 0.717) is 29.8 Å². The van der Waals surface area contributed by atoms with Crippen LogP contribution < -0.4 is 9.47 Å². The predicted octanol–water partition coefficient (Wildman–Crippen LogP) is 3.97. The van der Waals surface area contributed by atoms with Gasteiger partial charge in [0.2, 0.25) is 11.7 Å². The summed E-state index contributed by atoms with van der Waals surface area (Å²) in [5.41, 5.74) is 0.857. The highest BCUT2D eigenvalue weighted by molar-refractivity contribution is 5.60. The largest absolute Gasteiger partial charge is 0.493 e. The number of aromatic nitrogens is 2. The molecule has 0 saturated heterocycles. The maximum absolute atomic E-state index is 5.55. The van der Waals surface area contributed by atoms with Gasteiger partial charge in [-0.1, -0.05) is 30.7 Å². The van der Waals surface area contributed by atoms with Gasteiger partial charge >= 0.3 is 0 Å². The average Bonchev–Trinajstić information content (AvgIpc) is 3.23. The minimum absolute atomic E-state index is 0.415. The predicted molar refractivity (Wildman–Crippen MR) is 83.2 cm³/mol. The van der Waals surface area contributed by atoms with Crippen LogP contribution in [0.25, 0.3) is 11.4 Å². The zero-order valence-corrected chi connectivity index (χ0v) is 12.7. The molecule has 1 fully saturated rings. The molecule has 0 bridgehead atoms. The third kappa shape index (κ3) is 2.98. The summed E-state index contributed by atoms with van der Waals surface area (Å²) in [5, 5.41) is 4.10. The van der Waals surface area contributed by atoms with Crippen LogP contribution in [0.3, 0.4) is 0 Å². The van der Waals surface area contributed by atoms with E-state index >= 15 is 0 Å².